The number of likely N-dealkylation sites (tertiary alicyclic amines) is 1. The predicted molar refractivity (Wildman–Crippen MR) is 80.3 cm³/mol. The smallest absolute Gasteiger partial charge is 0.317 e. The largest absolute Gasteiger partial charge is 0.481 e. The average Bonchev–Trinajstić information content (AvgIpc) is 3.04. The highest BCUT2D eigenvalue weighted by atomic mass is 32.1. The first kappa shape index (κ1) is 15.8. The van der Waals surface area contributed by atoms with Crippen LogP contribution in [0, 0.1) is 12.3 Å². The highest BCUT2D eigenvalue weighted by molar-refractivity contribution is 7.11. The summed E-state index contributed by atoms with van der Waals surface area (Å²) in [5, 5.41) is 13.2. The summed E-state index contributed by atoms with van der Waals surface area (Å²) in [6, 6.07) is -0.194. The van der Waals surface area contributed by atoms with Gasteiger partial charge in [0.15, 0.2) is 0 Å². The van der Waals surface area contributed by atoms with E-state index >= 15 is 0 Å². The maximum atomic E-state index is 12.1. The van der Waals surface area contributed by atoms with E-state index in [9.17, 15) is 14.7 Å². The third kappa shape index (κ3) is 3.53. The first-order valence-electron chi connectivity index (χ1n) is 7.14. The minimum absolute atomic E-state index is 0.194. The Balaban J connectivity index is 1.91. The van der Waals surface area contributed by atoms with Crippen molar-refractivity contribution in [2.24, 2.45) is 5.41 Å². The minimum atomic E-state index is -0.794. The molecule has 1 fully saturated rings. The molecule has 21 heavy (non-hydrogen) atoms. The number of hydrogen-bond donors (Lipinski definition) is 2. The van der Waals surface area contributed by atoms with Gasteiger partial charge in [-0.1, -0.05) is 13.3 Å². The van der Waals surface area contributed by atoms with E-state index in [0.717, 1.165) is 16.3 Å². The fraction of sp³-hybridized carbons (Fsp3) is 0.643. The quantitative estimate of drug-likeness (QED) is 0.873. The van der Waals surface area contributed by atoms with Crippen LogP contribution in [0.2, 0.25) is 0 Å². The van der Waals surface area contributed by atoms with E-state index in [2.05, 4.69) is 10.3 Å². The number of nitrogens with one attached hydrogen (secondary N) is 1. The Labute approximate surface area is 128 Å². The van der Waals surface area contributed by atoms with Crippen LogP contribution in [0.1, 0.15) is 36.1 Å². The summed E-state index contributed by atoms with van der Waals surface area (Å²) in [5.41, 5.74) is -0.771. The van der Waals surface area contributed by atoms with Crippen molar-refractivity contribution in [1.82, 2.24) is 15.2 Å². The van der Waals surface area contributed by atoms with E-state index in [4.69, 9.17) is 0 Å². The van der Waals surface area contributed by atoms with Gasteiger partial charge in [-0.15, -0.1) is 11.3 Å². The Morgan fingerprint density at radius 3 is 2.90 bits per heavy atom. The van der Waals surface area contributed by atoms with Gasteiger partial charge in [0, 0.05) is 24.2 Å². The predicted octanol–water partition coefficient (Wildman–Crippen LogP) is 2.24. The van der Waals surface area contributed by atoms with Crippen LogP contribution in [0.25, 0.3) is 0 Å². The molecule has 6 nitrogen and oxygen atoms in total. The lowest BCUT2D eigenvalue weighted by atomic mass is 9.83. The van der Waals surface area contributed by atoms with E-state index in [1.807, 2.05) is 13.8 Å². The number of nitrogens with zero attached hydrogens (tertiary/aromatic N) is 2. The van der Waals surface area contributed by atoms with Crippen LogP contribution < -0.4 is 5.32 Å². The number of urea groups is 1. The summed E-state index contributed by atoms with van der Waals surface area (Å²) in [6.07, 6.45) is 3.70. The molecule has 116 valence electrons. The van der Waals surface area contributed by atoms with Gasteiger partial charge in [-0.2, -0.15) is 0 Å². The number of carbonyl (C=O) groups excluding carboxylic acids is 1. The molecule has 7 heteroatoms. The number of rotatable bonds is 5. The molecule has 1 aliphatic rings. The van der Waals surface area contributed by atoms with Gasteiger partial charge in [0.2, 0.25) is 0 Å². The van der Waals surface area contributed by atoms with Gasteiger partial charge in [-0.25, -0.2) is 9.78 Å². The van der Waals surface area contributed by atoms with Crippen LogP contribution in [0.4, 0.5) is 4.79 Å². The number of carbonyl (C=O) groups is 2. The zero-order valence-corrected chi connectivity index (χ0v) is 13.2. The lowest BCUT2D eigenvalue weighted by Gasteiger charge is -2.24. The molecule has 2 heterocycles. The molecule has 1 unspecified atom stereocenters. The monoisotopic (exact) mass is 311 g/mol. The van der Waals surface area contributed by atoms with E-state index < -0.39 is 11.4 Å². The molecule has 1 saturated heterocycles. The van der Waals surface area contributed by atoms with Crippen LogP contribution in [0.5, 0.6) is 0 Å². The van der Waals surface area contributed by atoms with Gasteiger partial charge in [-0.3, -0.25) is 4.79 Å². The summed E-state index contributed by atoms with van der Waals surface area (Å²) < 4.78 is 0. The molecule has 2 N–H and O–H groups in total. The molecule has 0 saturated carbocycles. The van der Waals surface area contributed by atoms with Gasteiger partial charge in [0.25, 0.3) is 0 Å². The van der Waals surface area contributed by atoms with Gasteiger partial charge in [0.05, 0.1) is 17.0 Å². The van der Waals surface area contributed by atoms with Crippen LogP contribution in [-0.4, -0.2) is 40.1 Å². The van der Waals surface area contributed by atoms with Crippen LogP contribution in [0.3, 0.4) is 0 Å². The van der Waals surface area contributed by atoms with E-state index in [1.165, 1.54) is 0 Å². The highest BCUT2D eigenvalue weighted by Crippen LogP contribution is 2.35. The first-order valence-corrected chi connectivity index (χ1v) is 7.96. The topological polar surface area (TPSA) is 82.5 Å². The molecule has 0 aromatic carbocycles. The van der Waals surface area contributed by atoms with Crippen LogP contribution in [0.15, 0.2) is 6.20 Å². The van der Waals surface area contributed by atoms with Crippen LogP contribution in [-0.2, 0) is 11.3 Å². The normalized spacial score (nSPS) is 21.5. The molecule has 0 bridgehead atoms. The zero-order valence-electron chi connectivity index (χ0n) is 12.4. The van der Waals surface area contributed by atoms with Crippen molar-refractivity contribution in [2.45, 2.75) is 39.7 Å². The van der Waals surface area contributed by atoms with Gasteiger partial charge < -0.3 is 15.3 Å². The van der Waals surface area contributed by atoms with Gasteiger partial charge >= 0.3 is 12.0 Å². The second kappa shape index (κ2) is 6.43. The molecule has 0 spiro atoms. The summed E-state index contributed by atoms with van der Waals surface area (Å²) in [4.78, 5) is 30.4. The Morgan fingerprint density at radius 1 is 1.57 bits per heavy atom. The van der Waals surface area contributed by atoms with E-state index in [1.54, 1.807) is 22.4 Å². The molecule has 0 aliphatic carbocycles. The third-order valence-electron chi connectivity index (χ3n) is 3.91. The maximum absolute atomic E-state index is 12.1. The Kier molecular flexibility index (Phi) is 4.82. The summed E-state index contributed by atoms with van der Waals surface area (Å²) in [5.74, 6) is -0.794. The molecule has 2 amide bonds. The Morgan fingerprint density at radius 2 is 2.33 bits per heavy atom. The lowest BCUT2D eigenvalue weighted by Crippen LogP contribution is -2.41. The number of aliphatic carboxylic acids is 1. The van der Waals surface area contributed by atoms with Crippen molar-refractivity contribution in [2.75, 3.05) is 13.1 Å². The average molecular weight is 311 g/mol. The molecule has 1 aromatic heterocycles. The van der Waals surface area contributed by atoms with Crippen molar-refractivity contribution in [3.8, 4) is 0 Å². The van der Waals surface area contributed by atoms with Crippen molar-refractivity contribution in [3.63, 3.8) is 0 Å². The SMILES string of the molecule is CCCC1(C(=O)O)CCN(C(=O)NCc2cnc(C)s2)C1. The second-order valence-corrected chi connectivity index (χ2v) is 6.83. The fourth-order valence-corrected chi connectivity index (χ4v) is 3.51. The number of hydrogen-bond acceptors (Lipinski definition) is 4. The number of carboxylic acid groups (broad SMARTS) is 1. The number of thiazole rings is 1. The number of aromatic nitrogens is 1. The molecule has 1 atom stereocenters. The summed E-state index contributed by atoms with van der Waals surface area (Å²) in [6.45, 7) is 5.13. The van der Waals surface area contributed by atoms with Gasteiger partial charge in [-0.05, 0) is 19.8 Å². The lowest BCUT2D eigenvalue weighted by molar-refractivity contribution is -0.148. The Bertz CT molecular complexity index is 531. The highest BCUT2D eigenvalue weighted by Gasteiger charge is 2.45. The standard InChI is InChI=1S/C14H21N3O3S/c1-3-4-14(12(18)19)5-6-17(9-14)13(20)16-8-11-7-15-10(2)21-11/h7H,3-6,8-9H2,1-2H3,(H,16,20)(H,18,19). The van der Waals surface area contributed by atoms with Crippen molar-refractivity contribution in [3.05, 3.63) is 16.1 Å². The Hall–Kier alpha value is -1.63. The molecular formula is C14H21N3O3S. The molecule has 1 aliphatic heterocycles. The zero-order chi connectivity index (χ0) is 15.5. The third-order valence-corrected chi connectivity index (χ3v) is 4.82. The molecular weight excluding hydrogens is 290 g/mol. The summed E-state index contributed by atoms with van der Waals surface area (Å²) in [7, 11) is 0. The van der Waals surface area contributed by atoms with Crippen LogP contribution >= 0.6 is 11.3 Å². The van der Waals surface area contributed by atoms with Gasteiger partial charge in [0.1, 0.15) is 0 Å². The first-order chi connectivity index (χ1) is 9.97. The second-order valence-electron chi connectivity index (χ2n) is 5.51. The number of aryl methyl sites for hydroxylation is 1. The number of carboxylic acids is 1. The fourth-order valence-electron chi connectivity index (χ4n) is 2.77. The molecule has 1 aromatic rings. The van der Waals surface area contributed by atoms with E-state index in [-0.39, 0.29) is 6.03 Å². The van der Waals surface area contributed by atoms with Crippen molar-refractivity contribution >= 4 is 23.3 Å². The maximum Gasteiger partial charge on any atom is 0.317 e. The van der Waals surface area contributed by atoms with E-state index in [0.29, 0.717) is 32.5 Å². The molecule has 2 rings (SSSR count). The molecule has 0 radical (unpaired) electrons. The van der Waals surface area contributed by atoms with Crippen molar-refractivity contribution < 1.29 is 14.7 Å². The summed E-state index contributed by atoms with van der Waals surface area (Å²) >= 11 is 1.55. The van der Waals surface area contributed by atoms with Crippen molar-refractivity contribution in [1.29, 1.82) is 0 Å². The minimum Gasteiger partial charge on any atom is -0.481 e. The number of amides is 2.